The topological polar surface area (TPSA) is 96.7 Å². The van der Waals surface area contributed by atoms with E-state index in [4.69, 9.17) is 0 Å². The van der Waals surface area contributed by atoms with E-state index in [0.29, 0.717) is 17.6 Å². The Morgan fingerprint density at radius 1 is 1.21 bits per heavy atom. The van der Waals surface area contributed by atoms with Gasteiger partial charge in [-0.25, -0.2) is 13.8 Å². The second-order valence-electron chi connectivity index (χ2n) is 10.2. The van der Waals surface area contributed by atoms with Crippen molar-refractivity contribution in [1.29, 1.82) is 0 Å². The molecule has 2 aliphatic heterocycles. The number of allylic oxidation sites excluding steroid dienone is 2. The summed E-state index contributed by atoms with van der Waals surface area (Å²) in [5.41, 5.74) is 0.416. The standard InChI is InChI=1S/C23H31F2N9/c1-13-19(8-7-17(24)20(13)34-14(2)30-31-32-34)28-22-26-12-18(25)21(29-22)27-15-10-16-6-5-9-33(16)23(3,4)11-15/h7-8,12-13,15-16,19H,5-6,9-11H2,1-4H3,(H2,26,27,28,29)/t13?,15-,16+,19?/m1/s1. The number of fused-ring (bicyclic) bond motifs is 1. The van der Waals surface area contributed by atoms with Crippen LogP contribution in [0.5, 0.6) is 0 Å². The van der Waals surface area contributed by atoms with Crippen LogP contribution in [0.25, 0.3) is 5.70 Å². The second-order valence-corrected chi connectivity index (χ2v) is 10.2. The highest BCUT2D eigenvalue weighted by atomic mass is 19.1. The van der Waals surface area contributed by atoms with Crippen LogP contribution < -0.4 is 10.6 Å². The van der Waals surface area contributed by atoms with E-state index < -0.39 is 11.6 Å². The monoisotopic (exact) mass is 471 g/mol. The molecule has 2 fully saturated rings. The molecule has 9 nitrogen and oxygen atoms in total. The predicted octanol–water partition coefficient (Wildman–Crippen LogP) is 3.55. The summed E-state index contributed by atoms with van der Waals surface area (Å²) in [5.74, 6) is -0.241. The first-order chi connectivity index (χ1) is 16.2. The minimum Gasteiger partial charge on any atom is -0.365 e. The molecule has 4 heterocycles. The van der Waals surface area contributed by atoms with E-state index in [0.717, 1.165) is 19.4 Å². The van der Waals surface area contributed by atoms with Crippen LogP contribution in [0.1, 0.15) is 52.3 Å². The molecule has 2 saturated heterocycles. The van der Waals surface area contributed by atoms with Crippen LogP contribution in [0, 0.1) is 18.7 Å². The van der Waals surface area contributed by atoms with Crippen LogP contribution >= 0.6 is 0 Å². The largest absolute Gasteiger partial charge is 0.365 e. The van der Waals surface area contributed by atoms with Gasteiger partial charge in [0.2, 0.25) is 5.95 Å². The number of halogens is 2. The third-order valence-electron chi connectivity index (χ3n) is 7.36. The van der Waals surface area contributed by atoms with Gasteiger partial charge in [-0.2, -0.15) is 9.67 Å². The number of hydrogen-bond donors (Lipinski definition) is 2. The third-order valence-corrected chi connectivity index (χ3v) is 7.36. The van der Waals surface area contributed by atoms with Gasteiger partial charge in [-0.1, -0.05) is 13.0 Å². The van der Waals surface area contributed by atoms with Gasteiger partial charge in [0.25, 0.3) is 0 Å². The highest BCUT2D eigenvalue weighted by molar-refractivity contribution is 5.59. The smallest absolute Gasteiger partial charge is 0.225 e. The number of nitrogens with one attached hydrogen (secondary N) is 2. The number of anilines is 2. The average Bonchev–Trinajstić information content (AvgIpc) is 3.42. The number of hydrogen-bond acceptors (Lipinski definition) is 8. The van der Waals surface area contributed by atoms with Gasteiger partial charge in [-0.05, 0) is 69.5 Å². The van der Waals surface area contributed by atoms with Gasteiger partial charge >= 0.3 is 0 Å². The lowest BCUT2D eigenvalue weighted by atomic mass is 9.84. The molecule has 34 heavy (non-hydrogen) atoms. The summed E-state index contributed by atoms with van der Waals surface area (Å²) in [6, 6.07) is 0.329. The van der Waals surface area contributed by atoms with Gasteiger partial charge < -0.3 is 10.6 Å². The summed E-state index contributed by atoms with van der Waals surface area (Å²) in [6.07, 6.45) is 8.54. The summed E-state index contributed by atoms with van der Waals surface area (Å²) in [4.78, 5) is 11.2. The number of aromatic nitrogens is 6. The fourth-order valence-electron chi connectivity index (χ4n) is 5.75. The molecule has 4 atom stereocenters. The number of tetrazole rings is 1. The van der Waals surface area contributed by atoms with Crippen LogP contribution in [0.4, 0.5) is 20.5 Å². The Balaban J connectivity index is 1.32. The molecular weight excluding hydrogens is 440 g/mol. The fraction of sp³-hybridized carbons (Fsp3) is 0.609. The summed E-state index contributed by atoms with van der Waals surface area (Å²) in [5, 5.41) is 17.9. The highest BCUT2D eigenvalue weighted by Crippen LogP contribution is 2.38. The van der Waals surface area contributed by atoms with Crippen molar-refractivity contribution in [3.05, 3.63) is 35.8 Å². The summed E-state index contributed by atoms with van der Waals surface area (Å²) in [6.45, 7) is 9.24. The molecule has 182 valence electrons. The number of piperidine rings is 1. The summed E-state index contributed by atoms with van der Waals surface area (Å²) in [7, 11) is 0. The molecule has 1 aliphatic carbocycles. The van der Waals surface area contributed by atoms with E-state index in [1.165, 1.54) is 29.8 Å². The molecule has 11 heteroatoms. The van der Waals surface area contributed by atoms with Crippen molar-refractivity contribution in [2.45, 2.75) is 77.0 Å². The normalized spacial score (nSPS) is 28.8. The van der Waals surface area contributed by atoms with Crippen LogP contribution in [0.2, 0.25) is 0 Å². The lowest BCUT2D eigenvalue weighted by Gasteiger charge is -2.47. The van der Waals surface area contributed by atoms with Crippen molar-refractivity contribution in [3.63, 3.8) is 0 Å². The molecule has 0 aromatic carbocycles. The van der Waals surface area contributed by atoms with Gasteiger partial charge in [0, 0.05) is 23.5 Å². The summed E-state index contributed by atoms with van der Waals surface area (Å²) >= 11 is 0. The summed E-state index contributed by atoms with van der Waals surface area (Å²) < 4.78 is 30.7. The Kier molecular flexibility index (Phi) is 5.83. The number of rotatable bonds is 5. The molecule has 2 aromatic heterocycles. The van der Waals surface area contributed by atoms with Gasteiger partial charge in [0.15, 0.2) is 17.5 Å². The van der Waals surface area contributed by atoms with E-state index in [2.05, 4.69) is 54.9 Å². The maximum Gasteiger partial charge on any atom is 0.225 e. The van der Waals surface area contributed by atoms with E-state index >= 15 is 0 Å². The Morgan fingerprint density at radius 2 is 2.03 bits per heavy atom. The first-order valence-corrected chi connectivity index (χ1v) is 11.9. The number of aryl methyl sites for hydroxylation is 1. The zero-order valence-electron chi connectivity index (χ0n) is 20.0. The minimum atomic E-state index is -0.486. The first kappa shape index (κ1) is 22.8. The van der Waals surface area contributed by atoms with Gasteiger partial charge in [-0.15, -0.1) is 5.10 Å². The Bertz CT molecular complexity index is 1130. The molecule has 5 rings (SSSR count). The van der Waals surface area contributed by atoms with Crippen molar-refractivity contribution in [1.82, 2.24) is 35.1 Å². The Hall–Kier alpha value is -2.95. The lowest BCUT2D eigenvalue weighted by Crippen LogP contribution is -2.55. The predicted molar refractivity (Wildman–Crippen MR) is 125 cm³/mol. The molecule has 0 amide bonds. The quantitative estimate of drug-likeness (QED) is 0.684. The van der Waals surface area contributed by atoms with E-state index in [1.807, 2.05) is 6.92 Å². The van der Waals surface area contributed by atoms with Crippen LogP contribution in [0.15, 0.2) is 24.2 Å². The van der Waals surface area contributed by atoms with Crippen LogP contribution in [-0.2, 0) is 0 Å². The molecule has 0 spiro atoms. The maximum absolute atomic E-state index is 14.7. The molecule has 2 N–H and O–H groups in total. The lowest BCUT2D eigenvalue weighted by molar-refractivity contribution is 0.0500. The maximum atomic E-state index is 14.7. The van der Waals surface area contributed by atoms with E-state index in [-0.39, 0.29) is 35.3 Å². The molecule has 0 bridgehead atoms. The molecule has 2 aromatic rings. The van der Waals surface area contributed by atoms with Gasteiger partial charge in [0.05, 0.1) is 17.9 Å². The zero-order chi connectivity index (χ0) is 24.0. The van der Waals surface area contributed by atoms with Crippen molar-refractivity contribution < 1.29 is 8.78 Å². The van der Waals surface area contributed by atoms with E-state index in [1.54, 1.807) is 13.0 Å². The average molecular weight is 472 g/mol. The van der Waals surface area contributed by atoms with Crippen molar-refractivity contribution in [2.75, 3.05) is 17.2 Å². The van der Waals surface area contributed by atoms with Crippen LogP contribution in [-0.4, -0.2) is 65.3 Å². The third kappa shape index (κ3) is 4.17. The molecule has 0 radical (unpaired) electrons. The Labute approximate surface area is 197 Å². The molecular formula is C23H31F2N9. The van der Waals surface area contributed by atoms with E-state index in [9.17, 15) is 8.78 Å². The zero-order valence-corrected chi connectivity index (χ0v) is 20.0. The first-order valence-electron chi connectivity index (χ1n) is 11.9. The molecule has 0 saturated carbocycles. The van der Waals surface area contributed by atoms with Gasteiger partial charge in [-0.3, -0.25) is 4.90 Å². The van der Waals surface area contributed by atoms with Crippen molar-refractivity contribution in [3.8, 4) is 0 Å². The second kappa shape index (κ2) is 8.68. The van der Waals surface area contributed by atoms with Crippen molar-refractivity contribution in [2.24, 2.45) is 5.92 Å². The minimum absolute atomic E-state index is 0.0607. The Morgan fingerprint density at radius 3 is 2.79 bits per heavy atom. The van der Waals surface area contributed by atoms with Crippen LogP contribution in [0.3, 0.4) is 0 Å². The van der Waals surface area contributed by atoms with Crippen molar-refractivity contribution >= 4 is 17.5 Å². The SMILES string of the molecule is Cc1nnnn1C1=C(F)C=CC(Nc2ncc(F)c(N[C@@H]3C[C@@H]4CCCN4C(C)(C)C3)n2)C1C. The fourth-order valence-corrected chi connectivity index (χ4v) is 5.75. The highest BCUT2D eigenvalue weighted by Gasteiger charge is 2.43. The molecule has 2 unspecified atom stereocenters. The molecule has 3 aliphatic rings. The number of nitrogens with zero attached hydrogens (tertiary/aromatic N) is 7. The van der Waals surface area contributed by atoms with Gasteiger partial charge in [0.1, 0.15) is 5.83 Å².